The number of fused-ring (bicyclic) bond motifs is 1. The average molecular weight is 306 g/mol. The molecule has 17 heavy (non-hydrogen) atoms. The molecule has 1 aromatic heterocycles. The van der Waals surface area contributed by atoms with Gasteiger partial charge >= 0.3 is 0 Å². The van der Waals surface area contributed by atoms with Gasteiger partial charge in [-0.2, -0.15) is 0 Å². The number of hydrogen-bond acceptors (Lipinski definition) is 2. The minimum Gasteiger partial charge on any atom is -0.263 e. The third-order valence-electron chi connectivity index (χ3n) is 3.03. The second kappa shape index (κ2) is 4.83. The lowest BCUT2D eigenvalue weighted by molar-refractivity contribution is 0.911. The molecule has 0 fully saturated rings. The number of benzene rings is 1. The summed E-state index contributed by atoms with van der Waals surface area (Å²) >= 11 is 5.33. The summed E-state index contributed by atoms with van der Waals surface area (Å²) in [4.78, 5) is 6.62. The molecule has 0 spiro atoms. The molecule has 1 aromatic carbocycles. The zero-order valence-electron chi connectivity index (χ0n) is 9.32. The molecule has 86 valence electrons. The third kappa shape index (κ3) is 2.40. The summed E-state index contributed by atoms with van der Waals surface area (Å²) in [5.74, 6) is 0. The second-order valence-electron chi connectivity index (χ2n) is 4.19. The molecule has 0 atom stereocenters. The van der Waals surface area contributed by atoms with Crippen LogP contribution in [0.25, 0.3) is 0 Å². The van der Waals surface area contributed by atoms with Crippen LogP contribution >= 0.6 is 27.7 Å². The number of hydrogen-bond donors (Lipinski definition) is 0. The minimum atomic E-state index is 1.06. The van der Waals surface area contributed by atoms with Gasteiger partial charge in [0.2, 0.25) is 0 Å². The SMILES string of the molecule is Brc1cnccc1Sc1ccc2c(c1)CCC2. The Morgan fingerprint density at radius 2 is 2.00 bits per heavy atom. The predicted octanol–water partition coefficient (Wildman–Crippen LogP) is 4.48. The fraction of sp³-hybridized carbons (Fsp3) is 0.214. The zero-order chi connectivity index (χ0) is 11.7. The molecule has 1 aliphatic carbocycles. The van der Waals surface area contributed by atoms with E-state index >= 15 is 0 Å². The molecule has 0 radical (unpaired) electrons. The Kier molecular flexibility index (Phi) is 3.21. The van der Waals surface area contributed by atoms with Crippen LogP contribution in [-0.2, 0) is 12.8 Å². The van der Waals surface area contributed by atoms with Crippen LogP contribution in [0, 0.1) is 0 Å². The van der Waals surface area contributed by atoms with Crippen LogP contribution in [0.1, 0.15) is 17.5 Å². The molecule has 0 unspecified atom stereocenters. The van der Waals surface area contributed by atoms with Gasteiger partial charge in [-0.1, -0.05) is 17.8 Å². The number of rotatable bonds is 2. The number of aryl methyl sites for hydroxylation is 2. The molecule has 0 aliphatic heterocycles. The Morgan fingerprint density at radius 3 is 2.88 bits per heavy atom. The number of pyridine rings is 1. The summed E-state index contributed by atoms with van der Waals surface area (Å²) < 4.78 is 1.06. The standard InChI is InChI=1S/C14H12BrNS/c15-13-9-16-7-6-14(13)17-12-5-4-10-2-1-3-11(10)8-12/h4-9H,1-3H2. The molecule has 1 aliphatic rings. The maximum Gasteiger partial charge on any atom is 0.0498 e. The van der Waals surface area contributed by atoms with E-state index < -0.39 is 0 Å². The molecule has 1 nitrogen and oxygen atoms in total. The molecule has 3 rings (SSSR count). The third-order valence-corrected chi connectivity index (χ3v) is 4.99. The van der Waals surface area contributed by atoms with Crippen molar-refractivity contribution in [2.45, 2.75) is 29.1 Å². The normalized spacial score (nSPS) is 13.7. The molecule has 0 bridgehead atoms. The first-order valence-corrected chi connectivity index (χ1v) is 7.33. The summed E-state index contributed by atoms with van der Waals surface area (Å²) in [6, 6.07) is 8.88. The van der Waals surface area contributed by atoms with Crippen LogP contribution in [0.15, 0.2) is 50.9 Å². The minimum absolute atomic E-state index is 1.06. The van der Waals surface area contributed by atoms with Crippen molar-refractivity contribution in [2.75, 3.05) is 0 Å². The number of halogens is 1. The van der Waals surface area contributed by atoms with Gasteiger partial charge in [0.1, 0.15) is 0 Å². The number of aromatic nitrogens is 1. The fourth-order valence-electron chi connectivity index (χ4n) is 2.18. The smallest absolute Gasteiger partial charge is 0.0498 e. The maximum absolute atomic E-state index is 4.08. The van der Waals surface area contributed by atoms with Gasteiger partial charge in [0, 0.05) is 26.7 Å². The van der Waals surface area contributed by atoms with Crippen molar-refractivity contribution in [3.8, 4) is 0 Å². The number of nitrogens with zero attached hydrogens (tertiary/aromatic N) is 1. The summed E-state index contributed by atoms with van der Waals surface area (Å²) in [6.07, 6.45) is 7.47. The highest BCUT2D eigenvalue weighted by atomic mass is 79.9. The van der Waals surface area contributed by atoms with Crippen molar-refractivity contribution < 1.29 is 0 Å². The van der Waals surface area contributed by atoms with Crippen LogP contribution in [0.4, 0.5) is 0 Å². The van der Waals surface area contributed by atoms with Crippen molar-refractivity contribution >= 4 is 27.7 Å². The van der Waals surface area contributed by atoms with Gasteiger partial charge in [-0.25, -0.2) is 0 Å². The van der Waals surface area contributed by atoms with Gasteiger partial charge in [-0.3, -0.25) is 4.98 Å². The van der Waals surface area contributed by atoms with Crippen molar-refractivity contribution in [1.82, 2.24) is 4.98 Å². The first-order chi connectivity index (χ1) is 8.33. The lowest BCUT2D eigenvalue weighted by atomic mass is 10.1. The average Bonchev–Trinajstić information content (AvgIpc) is 2.79. The zero-order valence-corrected chi connectivity index (χ0v) is 11.7. The largest absolute Gasteiger partial charge is 0.263 e. The van der Waals surface area contributed by atoms with Gasteiger partial charge in [0.25, 0.3) is 0 Å². The molecule has 0 N–H and O–H groups in total. The topological polar surface area (TPSA) is 12.9 Å². The van der Waals surface area contributed by atoms with Crippen molar-refractivity contribution in [3.05, 3.63) is 52.3 Å². The molecule has 3 heteroatoms. The van der Waals surface area contributed by atoms with E-state index in [1.807, 2.05) is 18.5 Å². The van der Waals surface area contributed by atoms with E-state index in [2.05, 4.69) is 39.1 Å². The van der Waals surface area contributed by atoms with E-state index in [0.29, 0.717) is 0 Å². The van der Waals surface area contributed by atoms with E-state index in [0.717, 1.165) is 4.47 Å². The van der Waals surface area contributed by atoms with Crippen LogP contribution in [0.3, 0.4) is 0 Å². The van der Waals surface area contributed by atoms with Crippen molar-refractivity contribution in [3.63, 3.8) is 0 Å². The Balaban J connectivity index is 1.89. The molecular weight excluding hydrogens is 294 g/mol. The van der Waals surface area contributed by atoms with Crippen LogP contribution < -0.4 is 0 Å². The lowest BCUT2D eigenvalue weighted by Gasteiger charge is -2.06. The summed E-state index contributed by atoms with van der Waals surface area (Å²) in [5, 5.41) is 0. The Morgan fingerprint density at radius 1 is 1.12 bits per heavy atom. The van der Waals surface area contributed by atoms with E-state index in [-0.39, 0.29) is 0 Å². The first kappa shape index (κ1) is 11.3. The van der Waals surface area contributed by atoms with Crippen LogP contribution in [0.5, 0.6) is 0 Å². The highest BCUT2D eigenvalue weighted by molar-refractivity contribution is 9.10. The van der Waals surface area contributed by atoms with Gasteiger partial charge in [-0.05, 0) is 64.5 Å². The molecule has 0 saturated carbocycles. The van der Waals surface area contributed by atoms with E-state index in [4.69, 9.17) is 0 Å². The van der Waals surface area contributed by atoms with E-state index in [1.165, 1.54) is 40.2 Å². The van der Waals surface area contributed by atoms with Gasteiger partial charge in [0.05, 0.1) is 0 Å². The van der Waals surface area contributed by atoms with E-state index in [9.17, 15) is 0 Å². The van der Waals surface area contributed by atoms with Crippen LogP contribution in [0.2, 0.25) is 0 Å². The van der Waals surface area contributed by atoms with Gasteiger partial charge < -0.3 is 0 Å². The Labute approximate surface area is 114 Å². The lowest BCUT2D eigenvalue weighted by Crippen LogP contribution is -1.83. The summed E-state index contributed by atoms with van der Waals surface area (Å²) in [6.45, 7) is 0. The first-order valence-electron chi connectivity index (χ1n) is 5.72. The maximum atomic E-state index is 4.08. The van der Waals surface area contributed by atoms with Gasteiger partial charge in [-0.15, -0.1) is 0 Å². The monoisotopic (exact) mass is 305 g/mol. The molecular formula is C14H12BrNS. The molecule has 1 heterocycles. The molecule has 2 aromatic rings. The molecule has 0 saturated heterocycles. The Bertz CT molecular complexity index is 554. The highest BCUT2D eigenvalue weighted by Crippen LogP contribution is 2.35. The Hall–Kier alpha value is -0.800. The van der Waals surface area contributed by atoms with E-state index in [1.54, 1.807) is 11.8 Å². The summed E-state index contributed by atoms with van der Waals surface area (Å²) in [5.41, 5.74) is 3.06. The van der Waals surface area contributed by atoms with Crippen LogP contribution in [-0.4, -0.2) is 4.98 Å². The molecule has 0 amide bonds. The van der Waals surface area contributed by atoms with Gasteiger partial charge in [0.15, 0.2) is 0 Å². The fourth-order valence-corrected chi connectivity index (χ4v) is 3.55. The highest BCUT2D eigenvalue weighted by Gasteiger charge is 2.11. The predicted molar refractivity (Wildman–Crippen MR) is 74.5 cm³/mol. The second-order valence-corrected chi connectivity index (χ2v) is 6.16. The van der Waals surface area contributed by atoms with Crippen molar-refractivity contribution in [1.29, 1.82) is 0 Å². The quantitative estimate of drug-likeness (QED) is 0.811. The summed E-state index contributed by atoms with van der Waals surface area (Å²) in [7, 11) is 0. The van der Waals surface area contributed by atoms with Crippen molar-refractivity contribution in [2.24, 2.45) is 0 Å².